The average Bonchev–Trinajstić information content (AvgIpc) is 2.94. The molecule has 1 atom stereocenters. The molecule has 0 aliphatic rings. The summed E-state index contributed by atoms with van der Waals surface area (Å²) < 4.78 is 5.61. The molecular formula is C14H13NO2S. The van der Waals surface area contributed by atoms with Gasteiger partial charge in [0.1, 0.15) is 5.52 Å². The van der Waals surface area contributed by atoms with Crippen LogP contribution in [0.3, 0.4) is 0 Å². The number of fused-ring (bicyclic) bond motifs is 1. The lowest BCUT2D eigenvalue weighted by molar-refractivity contribution is 0.169. The first kappa shape index (κ1) is 11.4. The van der Waals surface area contributed by atoms with Crippen LogP contribution in [0.15, 0.2) is 39.4 Å². The molecule has 18 heavy (non-hydrogen) atoms. The van der Waals surface area contributed by atoms with Crippen molar-refractivity contribution in [1.82, 2.24) is 4.98 Å². The highest BCUT2D eigenvalue weighted by atomic mass is 32.1. The molecule has 3 nitrogen and oxygen atoms in total. The van der Waals surface area contributed by atoms with Gasteiger partial charge in [-0.2, -0.15) is 11.3 Å². The number of aromatic nitrogens is 1. The van der Waals surface area contributed by atoms with E-state index >= 15 is 0 Å². The van der Waals surface area contributed by atoms with Gasteiger partial charge in [0.05, 0.1) is 12.5 Å². The van der Waals surface area contributed by atoms with Crippen LogP contribution in [-0.2, 0) is 6.42 Å². The van der Waals surface area contributed by atoms with E-state index in [1.807, 2.05) is 41.9 Å². The van der Waals surface area contributed by atoms with Crippen molar-refractivity contribution >= 4 is 22.4 Å². The molecule has 1 aromatic carbocycles. The van der Waals surface area contributed by atoms with E-state index in [4.69, 9.17) is 4.42 Å². The molecule has 1 N–H and O–H groups in total. The van der Waals surface area contributed by atoms with Crippen LogP contribution in [0.25, 0.3) is 11.1 Å². The van der Waals surface area contributed by atoms with Crippen LogP contribution in [0.2, 0.25) is 0 Å². The summed E-state index contributed by atoms with van der Waals surface area (Å²) in [4.78, 5) is 4.37. The van der Waals surface area contributed by atoms with E-state index in [9.17, 15) is 5.11 Å². The van der Waals surface area contributed by atoms with Crippen molar-refractivity contribution in [3.8, 4) is 0 Å². The molecule has 92 valence electrons. The van der Waals surface area contributed by atoms with E-state index in [0.717, 1.165) is 22.2 Å². The van der Waals surface area contributed by atoms with Gasteiger partial charge in [0.15, 0.2) is 11.5 Å². The van der Waals surface area contributed by atoms with Gasteiger partial charge in [-0.05, 0) is 40.9 Å². The SMILES string of the molecule is Cc1cscc1C(O)Cc1nc2ccccc2o1. The van der Waals surface area contributed by atoms with Crippen molar-refractivity contribution in [2.75, 3.05) is 0 Å². The highest BCUT2D eigenvalue weighted by Gasteiger charge is 2.15. The monoisotopic (exact) mass is 259 g/mol. The fourth-order valence-corrected chi connectivity index (χ4v) is 2.89. The van der Waals surface area contributed by atoms with Crippen molar-refractivity contribution in [3.63, 3.8) is 0 Å². The highest BCUT2D eigenvalue weighted by Crippen LogP contribution is 2.25. The standard InChI is InChI=1S/C14H13NO2S/c1-9-7-18-8-10(9)12(16)6-14-15-11-4-2-3-5-13(11)17-14/h2-5,7-8,12,16H,6H2,1H3. The number of nitrogens with zero attached hydrogens (tertiary/aromatic N) is 1. The Labute approximate surface area is 109 Å². The summed E-state index contributed by atoms with van der Waals surface area (Å²) in [5.74, 6) is 0.578. The molecule has 0 amide bonds. The largest absolute Gasteiger partial charge is 0.441 e. The number of hydrogen-bond donors (Lipinski definition) is 1. The molecule has 0 saturated heterocycles. The average molecular weight is 259 g/mol. The zero-order chi connectivity index (χ0) is 12.5. The van der Waals surface area contributed by atoms with Gasteiger partial charge in [-0.1, -0.05) is 12.1 Å². The minimum atomic E-state index is -0.552. The van der Waals surface area contributed by atoms with Crippen LogP contribution in [0.1, 0.15) is 23.1 Å². The van der Waals surface area contributed by atoms with E-state index in [-0.39, 0.29) is 0 Å². The Kier molecular flexibility index (Phi) is 2.89. The fourth-order valence-electron chi connectivity index (χ4n) is 1.99. The molecule has 3 rings (SSSR count). The number of hydrogen-bond acceptors (Lipinski definition) is 4. The molecule has 0 aliphatic carbocycles. The van der Waals surface area contributed by atoms with Crippen LogP contribution in [-0.4, -0.2) is 10.1 Å². The zero-order valence-electron chi connectivity index (χ0n) is 9.96. The van der Waals surface area contributed by atoms with Crippen LogP contribution >= 0.6 is 11.3 Å². The van der Waals surface area contributed by atoms with Crippen molar-refractivity contribution in [2.24, 2.45) is 0 Å². The predicted octanol–water partition coefficient (Wildman–Crippen LogP) is 3.47. The second kappa shape index (κ2) is 4.55. The van der Waals surface area contributed by atoms with E-state index in [1.54, 1.807) is 11.3 Å². The van der Waals surface area contributed by atoms with E-state index in [2.05, 4.69) is 4.98 Å². The Balaban J connectivity index is 1.86. The first-order valence-corrected chi connectivity index (χ1v) is 6.73. The summed E-state index contributed by atoms with van der Waals surface area (Å²) >= 11 is 1.60. The lowest BCUT2D eigenvalue weighted by Gasteiger charge is -2.07. The van der Waals surface area contributed by atoms with Gasteiger partial charge in [-0.15, -0.1) is 0 Å². The summed E-state index contributed by atoms with van der Waals surface area (Å²) in [5, 5.41) is 14.2. The molecule has 0 radical (unpaired) electrons. The molecule has 3 aromatic rings. The summed E-state index contributed by atoms with van der Waals surface area (Å²) in [7, 11) is 0. The summed E-state index contributed by atoms with van der Waals surface area (Å²) in [6.45, 7) is 2.00. The van der Waals surface area contributed by atoms with Gasteiger partial charge in [0, 0.05) is 0 Å². The number of rotatable bonds is 3. The third kappa shape index (κ3) is 2.05. The number of aliphatic hydroxyl groups excluding tert-OH is 1. The third-order valence-corrected chi connectivity index (χ3v) is 3.84. The number of oxazole rings is 1. The molecule has 4 heteroatoms. The van der Waals surface area contributed by atoms with Crippen molar-refractivity contribution in [1.29, 1.82) is 0 Å². The fraction of sp³-hybridized carbons (Fsp3) is 0.214. The summed E-state index contributed by atoms with van der Waals surface area (Å²) in [5.41, 5.74) is 3.68. The Hall–Kier alpha value is -1.65. The van der Waals surface area contributed by atoms with Gasteiger partial charge in [-0.25, -0.2) is 4.98 Å². The first-order chi connectivity index (χ1) is 8.74. The van der Waals surface area contributed by atoms with Gasteiger partial charge < -0.3 is 9.52 Å². The number of benzene rings is 1. The molecular weight excluding hydrogens is 246 g/mol. The maximum Gasteiger partial charge on any atom is 0.198 e. The number of thiophene rings is 1. The second-order valence-corrected chi connectivity index (χ2v) is 5.05. The predicted molar refractivity (Wildman–Crippen MR) is 71.7 cm³/mol. The molecule has 0 spiro atoms. The number of aliphatic hydroxyl groups is 1. The Morgan fingerprint density at radius 3 is 2.89 bits per heavy atom. The molecule has 0 saturated carbocycles. The first-order valence-electron chi connectivity index (χ1n) is 5.79. The number of para-hydroxylation sites is 2. The second-order valence-electron chi connectivity index (χ2n) is 4.31. The van der Waals surface area contributed by atoms with E-state index in [0.29, 0.717) is 12.3 Å². The molecule has 0 bridgehead atoms. The van der Waals surface area contributed by atoms with Crippen molar-refractivity contribution < 1.29 is 9.52 Å². The summed E-state index contributed by atoms with van der Waals surface area (Å²) in [6.07, 6.45) is -0.143. The van der Waals surface area contributed by atoms with Crippen molar-refractivity contribution in [2.45, 2.75) is 19.4 Å². The molecule has 0 fully saturated rings. The van der Waals surface area contributed by atoms with Gasteiger partial charge >= 0.3 is 0 Å². The highest BCUT2D eigenvalue weighted by molar-refractivity contribution is 7.08. The maximum absolute atomic E-state index is 10.2. The third-order valence-electron chi connectivity index (χ3n) is 2.96. The maximum atomic E-state index is 10.2. The van der Waals surface area contributed by atoms with Crippen LogP contribution in [0, 0.1) is 6.92 Å². The Morgan fingerprint density at radius 1 is 1.33 bits per heavy atom. The Bertz CT molecular complexity index is 638. The molecule has 2 aromatic heterocycles. The Morgan fingerprint density at radius 2 is 2.17 bits per heavy atom. The molecule has 0 aliphatic heterocycles. The van der Waals surface area contributed by atoms with Crippen molar-refractivity contribution in [3.05, 3.63) is 52.0 Å². The van der Waals surface area contributed by atoms with Gasteiger partial charge in [0.2, 0.25) is 0 Å². The molecule has 2 heterocycles. The van der Waals surface area contributed by atoms with E-state index in [1.165, 1.54) is 0 Å². The van der Waals surface area contributed by atoms with Crippen LogP contribution in [0.5, 0.6) is 0 Å². The molecule has 1 unspecified atom stereocenters. The topological polar surface area (TPSA) is 46.3 Å². The summed E-state index contributed by atoms with van der Waals surface area (Å²) in [6, 6.07) is 7.63. The van der Waals surface area contributed by atoms with Crippen LogP contribution in [0.4, 0.5) is 0 Å². The van der Waals surface area contributed by atoms with Crippen LogP contribution < -0.4 is 0 Å². The smallest absolute Gasteiger partial charge is 0.198 e. The lowest BCUT2D eigenvalue weighted by atomic mass is 10.1. The minimum Gasteiger partial charge on any atom is -0.441 e. The normalized spacial score (nSPS) is 13.0. The van der Waals surface area contributed by atoms with E-state index < -0.39 is 6.10 Å². The zero-order valence-corrected chi connectivity index (χ0v) is 10.8. The van der Waals surface area contributed by atoms with Gasteiger partial charge in [0.25, 0.3) is 0 Å². The quantitative estimate of drug-likeness (QED) is 0.783. The lowest BCUT2D eigenvalue weighted by Crippen LogP contribution is -2.02. The van der Waals surface area contributed by atoms with Gasteiger partial charge in [-0.3, -0.25) is 0 Å². The minimum absolute atomic E-state index is 0.409. The number of aryl methyl sites for hydroxylation is 1.